The molecule has 0 heterocycles. The molecule has 0 aliphatic carbocycles. The highest BCUT2D eigenvalue weighted by molar-refractivity contribution is 8.76. The summed E-state index contributed by atoms with van der Waals surface area (Å²) in [6.07, 6.45) is 13.7. The lowest BCUT2D eigenvalue weighted by Gasteiger charge is -2.07. The largest absolute Gasteiger partial charge is 0.462 e. The van der Waals surface area contributed by atoms with Crippen molar-refractivity contribution >= 4 is 27.6 Å². The number of ether oxygens (including phenoxy) is 1. The van der Waals surface area contributed by atoms with Crippen molar-refractivity contribution in [1.29, 1.82) is 0 Å². The van der Waals surface area contributed by atoms with Crippen molar-refractivity contribution in [2.24, 2.45) is 0 Å². The molecule has 0 fully saturated rings. The average molecular weight is 383 g/mol. The molecule has 1 rings (SSSR count). The van der Waals surface area contributed by atoms with Gasteiger partial charge in [-0.05, 0) is 25.5 Å². The van der Waals surface area contributed by atoms with Gasteiger partial charge < -0.3 is 4.74 Å². The molecule has 0 aliphatic rings. The molecule has 0 N–H and O–H groups in total. The Balaban J connectivity index is 2.06. The highest BCUT2D eigenvalue weighted by atomic mass is 33.1. The fourth-order valence-electron chi connectivity index (χ4n) is 2.67. The van der Waals surface area contributed by atoms with E-state index in [0.29, 0.717) is 12.2 Å². The van der Waals surface area contributed by atoms with E-state index in [9.17, 15) is 4.79 Å². The Labute approximate surface area is 162 Å². The SMILES string of the molecule is CCCCCCCCCCCCSSc1ccccc1C(=O)OCC. The highest BCUT2D eigenvalue weighted by Gasteiger charge is 2.12. The van der Waals surface area contributed by atoms with Crippen LogP contribution in [0.5, 0.6) is 0 Å². The molecule has 0 amide bonds. The van der Waals surface area contributed by atoms with Crippen LogP contribution < -0.4 is 0 Å². The van der Waals surface area contributed by atoms with Crippen molar-refractivity contribution in [1.82, 2.24) is 0 Å². The van der Waals surface area contributed by atoms with Gasteiger partial charge in [0.1, 0.15) is 0 Å². The van der Waals surface area contributed by atoms with Crippen molar-refractivity contribution in [2.45, 2.75) is 83.0 Å². The molecular weight excluding hydrogens is 348 g/mol. The first-order valence-electron chi connectivity index (χ1n) is 9.85. The molecule has 0 radical (unpaired) electrons. The predicted molar refractivity (Wildman–Crippen MR) is 113 cm³/mol. The van der Waals surface area contributed by atoms with E-state index in [2.05, 4.69) is 6.92 Å². The smallest absolute Gasteiger partial charge is 0.339 e. The number of rotatable bonds is 15. The molecule has 0 aliphatic heterocycles. The number of carbonyl (C=O) groups excluding carboxylic acids is 1. The first-order chi connectivity index (χ1) is 12.3. The minimum absolute atomic E-state index is 0.217. The number of esters is 1. The summed E-state index contributed by atoms with van der Waals surface area (Å²) in [7, 11) is 3.54. The summed E-state index contributed by atoms with van der Waals surface area (Å²) in [5.74, 6) is 0.920. The van der Waals surface area contributed by atoms with Gasteiger partial charge in [0.2, 0.25) is 0 Å². The van der Waals surface area contributed by atoms with E-state index in [1.807, 2.05) is 42.0 Å². The van der Waals surface area contributed by atoms with Gasteiger partial charge in [0, 0.05) is 10.6 Å². The van der Waals surface area contributed by atoms with E-state index in [1.165, 1.54) is 64.2 Å². The average Bonchev–Trinajstić information content (AvgIpc) is 2.63. The maximum absolute atomic E-state index is 11.9. The van der Waals surface area contributed by atoms with E-state index in [1.54, 1.807) is 10.8 Å². The monoisotopic (exact) mass is 382 g/mol. The maximum atomic E-state index is 11.9. The van der Waals surface area contributed by atoms with Gasteiger partial charge in [-0.1, -0.05) is 98.4 Å². The number of hydrogen-bond acceptors (Lipinski definition) is 4. The lowest BCUT2D eigenvalue weighted by Crippen LogP contribution is -2.05. The van der Waals surface area contributed by atoms with Crippen LogP contribution in [0.25, 0.3) is 0 Å². The maximum Gasteiger partial charge on any atom is 0.339 e. The second-order valence-electron chi connectivity index (χ2n) is 6.30. The van der Waals surface area contributed by atoms with Crippen molar-refractivity contribution in [3.8, 4) is 0 Å². The zero-order chi connectivity index (χ0) is 18.2. The zero-order valence-electron chi connectivity index (χ0n) is 15.9. The molecule has 2 nitrogen and oxygen atoms in total. The Morgan fingerprint density at radius 3 is 2.12 bits per heavy atom. The summed E-state index contributed by atoms with van der Waals surface area (Å²) in [5.41, 5.74) is 0.685. The summed E-state index contributed by atoms with van der Waals surface area (Å²) in [5, 5.41) is 0. The topological polar surface area (TPSA) is 26.3 Å². The summed E-state index contributed by atoms with van der Waals surface area (Å²) in [6.45, 7) is 4.53. The van der Waals surface area contributed by atoms with Crippen LogP contribution >= 0.6 is 21.6 Å². The van der Waals surface area contributed by atoms with Crippen LogP contribution in [0.1, 0.15) is 88.4 Å². The van der Waals surface area contributed by atoms with Crippen molar-refractivity contribution in [3.63, 3.8) is 0 Å². The van der Waals surface area contributed by atoms with Crippen LogP contribution in [0.4, 0.5) is 0 Å². The number of hydrogen-bond donors (Lipinski definition) is 0. The number of unbranched alkanes of at least 4 members (excludes halogenated alkanes) is 9. The fraction of sp³-hybridized carbons (Fsp3) is 0.667. The lowest BCUT2D eigenvalue weighted by atomic mass is 10.1. The van der Waals surface area contributed by atoms with Crippen LogP contribution in [0.2, 0.25) is 0 Å². The van der Waals surface area contributed by atoms with Crippen LogP contribution in [0.15, 0.2) is 29.2 Å². The van der Waals surface area contributed by atoms with Gasteiger partial charge in [0.05, 0.1) is 12.2 Å². The summed E-state index contributed by atoms with van der Waals surface area (Å²) in [4.78, 5) is 13.0. The van der Waals surface area contributed by atoms with Gasteiger partial charge in [-0.3, -0.25) is 0 Å². The van der Waals surface area contributed by atoms with Crippen LogP contribution in [0.3, 0.4) is 0 Å². The highest BCUT2D eigenvalue weighted by Crippen LogP contribution is 2.34. The number of carbonyl (C=O) groups is 1. The second-order valence-corrected chi connectivity index (χ2v) is 8.76. The van der Waals surface area contributed by atoms with E-state index < -0.39 is 0 Å². The molecule has 25 heavy (non-hydrogen) atoms. The lowest BCUT2D eigenvalue weighted by molar-refractivity contribution is 0.0522. The molecule has 0 spiro atoms. The van der Waals surface area contributed by atoms with Gasteiger partial charge in [-0.25, -0.2) is 4.79 Å². The molecule has 1 aromatic carbocycles. The van der Waals surface area contributed by atoms with Crippen LogP contribution in [-0.4, -0.2) is 18.3 Å². The molecule has 4 heteroatoms. The van der Waals surface area contributed by atoms with Crippen molar-refractivity contribution in [3.05, 3.63) is 29.8 Å². The van der Waals surface area contributed by atoms with E-state index in [0.717, 1.165) is 10.6 Å². The quantitative estimate of drug-likeness (QED) is 0.178. The Bertz CT molecular complexity index is 463. The van der Waals surface area contributed by atoms with E-state index >= 15 is 0 Å². The Morgan fingerprint density at radius 2 is 1.48 bits per heavy atom. The Morgan fingerprint density at radius 1 is 0.880 bits per heavy atom. The first kappa shape index (κ1) is 22.4. The third kappa shape index (κ3) is 10.9. The predicted octanol–water partition coefficient (Wildman–Crippen LogP) is 7.52. The molecule has 1 aromatic rings. The third-order valence-corrected chi connectivity index (χ3v) is 6.61. The number of benzene rings is 1. The minimum atomic E-state index is -0.217. The molecular formula is C21H34O2S2. The first-order valence-corrected chi connectivity index (χ1v) is 12.2. The molecule has 0 bridgehead atoms. The molecule has 0 unspecified atom stereocenters. The van der Waals surface area contributed by atoms with Gasteiger partial charge in [0.25, 0.3) is 0 Å². The molecule has 0 saturated carbocycles. The van der Waals surface area contributed by atoms with Crippen LogP contribution in [-0.2, 0) is 4.74 Å². The molecule has 0 aromatic heterocycles. The van der Waals surface area contributed by atoms with Gasteiger partial charge >= 0.3 is 5.97 Å². The van der Waals surface area contributed by atoms with Gasteiger partial charge in [-0.2, -0.15) is 0 Å². The third-order valence-electron chi connectivity index (χ3n) is 4.11. The van der Waals surface area contributed by atoms with Crippen LogP contribution in [0, 0.1) is 0 Å². The summed E-state index contributed by atoms with van der Waals surface area (Å²) in [6, 6.07) is 7.72. The summed E-state index contributed by atoms with van der Waals surface area (Å²) >= 11 is 0. The zero-order valence-corrected chi connectivity index (χ0v) is 17.6. The standard InChI is InChI=1S/C21H34O2S2/c1-3-5-6-7-8-9-10-11-12-15-18-24-25-20-17-14-13-16-19(20)21(22)23-4-2/h13-14,16-17H,3-12,15,18H2,1-2H3. The second kappa shape index (κ2) is 15.6. The van der Waals surface area contributed by atoms with E-state index in [-0.39, 0.29) is 5.97 Å². The Hall–Kier alpha value is -0.610. The molecule has 0 atom stereocenters. The minimum Gasteiger partial charge on any atom is -0.462 e. The van der Waals surface area contributed by atoms with Gasteiger partial charge in [0.15, 0.2) is 0 Å². The fourth-order valence-corrected chi connectivity index (χ4v) is 5.00. The van der Waals surface area contributed by atoms with E-state index in [4.69, 9.17) is 4.74 Å². The Kier molecular flexibility index (Phi) is 14.0. The molecule has 142 valence electrons. The summed E-state index contributed by atoms with van der Waals surface area (Å²) < 4.78 is 5.12. The molecule has 0 saturated heterocycles. The van der Waals surface area contributed by atoms with Crippen molar-refractivity contribution in [2.75, 3.05) is 12.4 Å². The van der Waals surface area contributed by atoms with Crippen molar-refractivity contribution < 1.29 is 9.53 Å². The normalized spacial score (nSPS) is 10.8. The van der Waals surface area contributed by atoms with Gasteiger partial charge in [-0.15, -0.1) is 0 Å².